The molecule has 0 aliphatic carbocycles. The zero-order valence-electron chi connectivity index (χ0n) is 9.56. The van der Waals surface area contributed by atoms with E-state index >= 15 is 0 Å². The van der Waals surface area contributed by atoms with Crippen molar-refractivity contribution >= 4 is 18.3 Å². The first-order chi connectivity index (χ1) is 7.62. The van der Waals surface area contributed by atoms with E-state index in [9.17, 15) is 0 Å². The molecular formula is C12H14BNO2. The topological polar surface area (TPSA) is 22.8 Å². The van der Waals surface area contributed by atoms with Crippen molar-refractivity contribution in [3.05, 3.63) is 35.7 Å². The zero-order chi connectivity index (χ0) is 11.6. The smallest absolute Gasteiger partial charge is 0.407 e. The second kappa shape index (κ2) is 4.29. The second-order valence-electron chi connectivity index (χ2n) is 4.79. The molecule has 0 saturated carbocycles. The van der Waals surface area contributed by atoms with Crippen LogP contribution in [0.15, 0.2) is 24.3 Å². The van der Waals surface area contributed by atoms with Gasteiger partial charge in [-0.2, -0.15) is 0 Å². The highest BCUT2D eigenvalue weighted by molar-refractivity contribution is 6.63. The Balaban J connectivity index is 2.18. The van der Waals surface area contributed by atoms with Gasteiger partial charge in [0.05, 0.1) is 6.57 Å². The minimum absolute atomic E-state index is 0.0591. The maximum Gasteiger partial charge on any atom is 0.482 e. The molecule has 82 valence electrons. The van der Waals surface area contributed by atoms with E-state index in [-0.39, 0.29) is 5.41 Å². The van der Waals surface area contributed by atoms with Gasteiger partial charge in [-0.05, 0) is 5.46 Å². The number of para-hydroxylation sites is 1. The molecule has 0 spiro atoms. The molecule has 1 aromatic carbocycles. The Bertz CT molecular complexity index is 415. The third kappa shape index (κ3) is 2.26. The van der Waals surface area contributed by atoms with Crippen LogP contribution < -0.4 is 5.46 Å². The standard InChI is InChI=1S/C12H14BNO2/c1-12(2)8-15-13(16-9-12)10-6-4-5-7-11(10)14-3/h4-7H,8-9H2,1-2H3. The molecule has 0 aromatic heterocycles. The molecular weight excluding hydrogens is 201 g/mol. The van der Waals surface area contributed by atoms with E-state index < -0.39 is 7.12 Å². The molecule has 0 N–H and O–H groups in total. The first kappa shape index (κ1) is 11.2. The molecule has 0 bridgehead atoms. The van der Waals surface area contributed by atoms with Crippen molar-refractivity contribution in [1.29, 1.82) is 0 Å². The maximum absolute atomic E-state index is 7.10. The van der Waals surface area contributed by atoms with E-state index in [2.05, 4.69) is 18.7 Å². The summed E-state index contributed by atoms with van der Waals surface area (Å²) in [5, 5.41) is 0. The van der Waals surface area contributed by atoms with Gasteiger partial charge in [0.2, 0.25) is 0 Å². The van der Waals surface area contributed by atoms with Crippen LogP contribution in [-0.4, -0.2) is 20.3 Å². The lowest BCUT2D eigenvalue weighted by Gasteiger charge is -2.33. The molecule has 3 nitrogen and oxygen atoms in total. The van der Waals surface area contributed by atoms with Gasteiger partial charge in [-0.15, -0.1) is 0 Å². The van der Waals surface area contributed by atoms with E-state index in [1.807, 2.05) is 18.2 Å². The van der Waals surface area contributed by atoms with E-state index in [1.165, 1.54) is 0 Å². The lowest BCUT2D eigenvalue weighted by molar-refractivity contribution is 0.0344. The van der Waals surface area contributed by atoms with Gasteiger partial charge in [0.25, 0.3) is 0 Å². The summed E-state index contributed by atoms with van der Waals surface area (Å²) in [7, 11) is -0.390. The van der Waals surface area contributed by atoms with Crippen LogP contribution in [-0.2, 0) is 9.31 Å². The second-order valence-corrected chi connectivity index (χ2v) is 4.79. The van der Waals surface area contributed by atoms with Crippen LogP contribution in [0.3, 0.4) is 0 Å². The van der Waals surface area contributed by atoms with Crippen LogP contribution in [0.25, 0.3) is 4.85 Å². The highest BCUT2D eigenvalue weighted by Crippen LogP contribution is 2.22. The van der Waals surface area contributed by atoms with E-state index in [1.54, 1.807) is 6.07 Å². The molecule has 0 unspecified atom stereocenters. The highest BCUT2D eigenvalue weighted by atomic mass is 16.6. The fourth-order valence-corrected chi connectivity index (χ4v) is 1.66. The molecule has 1 fully saturated rings. The quantitative estimate of drug-likeness (QED) is 0.528. The molecule has 1 aliphatic heterocycles. The number of rotatable bonds is 1. The summed E-state index contributed by atoms with van der Waals surface area (Å²) in [6.07, 6.45) is 0. The Kier molecular flexibility index (Phi) is 3.00. The van der Waals surface area contributed by atoms with Crippen LogP contribution in [0, 0.1) is 12.0 Å². The molecule has 1 aliphatic rings. The van der Waals surface area contributed by atoms with Gasteiger partial charge >= 0.3 is 7.12 Å². The average molecular weight is 215 g/mol. The van der Waals surface area contributed by atoms with E-state index in [4.69, 9.17) is 15.9 Å². The van der Waals surface area contributed by atoms with Gasteiger partial charge in [0.1, 0.15) is 0 Å². The third-order valence-corrected chi connectivity index (χ3v) is 2.56. The molecule has 1 saturated heterocycles. The van der Waals surface area contributed by atoms with Gasteiger partial charge in [0, 0.05) is 18.6 Å². The van der Waals surface area contributed by atoms with Crippen LogP contribution in [0.2, 0.25) is 0 Å². The van der Waals surface area contributed by atoms with Crippen molar-refractivity contribution in [1.82, 2.24) is 0 Å². The van der Waals surface area contributed by atoms with Crippen molar-refractivity contribution < 1.29 is 9.31 Å². The summed E-state index contributed by atoms with van der Waals surface area (Å²) < 4.78 is 11.3. The first-order valence-electron chi connectivity index (χ1n) is 5.32. The number of benzene rings is 1. The van der Waals surface area contributed by atoms with Crippen molar-refractivity contribution in [3.8, 4) is 0 Å². The molecule has 0 radical (unpaired) electrons. The number of hydrogen-bond acceptors (Lipinski definition) is 2. The Labute approximate surface area is 96.3 Å². The Hall–Kier alpha value is -1.31. The van der Waals surface area contributed by atoms with Crippen molar-refractivity contribution in [2.75, 3.05) is 13.2 Å². The minimum Gasteiger partial charge on any atom is -0.407 e. The summed E-state index contributed by atoms with van der Waals surface area (Å²) >= 11 is 0. The summed E-state index contributed by atoms with van der Waals surface area (Å²) in [6, 6.07) is 7.42. The molecule has 0 atom stereocenters. The molecule has 1 heterocycles. The summed E-state index contributed by atoms with van der Waals surface area (Å²) in [4.78, 5) is 3.47. The van der Waals surface area contributed by atoms with Gasteiger partial charge in [-0.1, -0.05) is 38.1 Å². The van der Waals surface area contributed by atoms with Crippen LogP contribution in [0.4, 0.5) is 5.69 Å². The third-order valence-electron chi connectivity index (χ3n) is 2.56. The van der Waals surface area contributed by atoms with E-state index in [0.29, 0.717) is 18.9 Å². The minimum atomic E-state index is -0.390. The van der Waals surface area contributed by atoms with Gasteiger partial charge < -0.3 is 9.31 Å². The predicted octanol–water partition coefficient (Wildman–Crippen LogP) is 2.01. The fourth-order valence-electron chi connectivity index (χ4n) is 1.66. The van der Waals surface area contributed by atoms with Crippen molar-refractivity contribution in [2.24, 2.45) is 5.41 Å². The zero-order valence-corrected chi connectivity index (χ0v) is 9.56. The van der Waals surface area contributed by atoms with Crippen molar-refractivity contribution in [2.45, 2.75) is 13.8 Å². The Morgan fingerprint density at radius 3 is 2.50 bits per heavy atom. The lowest BCUT2D eigenvalue weighted by atomic mass is 9.75. The molecule has 16 heavy (non-hydrogen) atoms. The number of nitrogens with zero attached hydrogens (tertiary/aromatic N) is 1. The molecule has 4 heteroatoms. The fraction of sp³-hybridized carbons (Fsp3) is 0.417. The monoisotopic (exact) mass is 215 g/mol. The van der Waals surface area contributed by atoms with Crippen LogP contribution >= 0.6 is 0 Å². The number of hydrogen-bond donors (Lipinski definition) is 0. The highest BCUT2D eigenvalue weighted by Gasteiger charge is 2.34. The van der Waals surface area contributed by atoms with Gasteiger partial charge in [-0.25, -0.2) is 4.85 Å². The largest absolute Gasteiger partial charge is 0.482 e. The molecule has 2 rings (SSSR count). The van der Waals surface area contributed by atoms with Gasteiger partial charge in [0.15, 0.2) is 5.69 Å². The van der Waals surface area contributed by atoms with Crippen LogP contribution in [0.1, 0.15) is 13.8 Å². The normalized spacial score (nSPS) is 19.2. The first-order valence-corrected chi connectivity index (χ1v) is 5.32. The summed E-state index contributed by atoms with van der Waals surface area (Å²) in [6.45, 7) is 12.6. The average Bonchev–Trinajstić information content (AvgIpc) is 2.29. The van der Waals surface area contributed by atoms with Crippen molar-refractivity contribution in [3.63, 3.8) is 0 Å². The Morgan fingerprint density at radius 2 is 1.88 bits per heavy atom. The molecule has 0 amide bonds. The SMILES string of the molecule is [C-]#[N+]c1ccccc1B1OCC(C)(C)CO1. The van der Waals surface area contributed by atoms with Crippen LogP contribution in [0.5, 0.6) is 0 Å². The van der Waals surface area contributed by atoms with Gasteiger partial charge in [-0.3, -0.25) is 0 Å². The summed E-state index contributed by atoms with van der Waals surface area (Å²) in [5.41, 5.74) is 1.49. The predicted molar refractivity (Wildman–Crippen MR) is 63.8 cm³/mol. The van der Waals surface area contributed by atoms with E-state index in [0.717, 1.165) is 5.46 Å². The lowest BCUT2D eigenvalue weighted by Crippen LogP contribution is -2.47. The maximum atomic E-state index is 7.10. The summed E-state index contributed by atoms with van der Waals surface area (Å²) in [5.74, 6) is 0. The molecule has 1 aromatic rings. The Morgan fingerprint density at radius 1 is 1.25 bits per heavy atom.